The third-order valence-corrected chi connectivity index (χ3v) is 7.46. The summed E-state index contributed by atoms with van der Waals surface area (Å²) in [5.41, 5.74) is 0.122. The average molecular weight is 549 g/mol. The topological polar surface area (TPSA) is 114 Å². The fourth-order valence-corrected chi connectivity index (χ4v) is 5.45. The molecule has 2 aromatic carbocycles. The molecule has 0 saturated heterocycles. The van der Waals surface area contributed by atoms with E-state index in [-0.39, 0.29) is 42.0 Å². The Morgan fingerprint density at radius 1 is 0.763 bits per heavy atom. The molecule has 1 atom stereocenters. The second-order valence-electron chi connectivity index (χ2n) is 8.58. The summed E-state index contributed by atoms with van der Waals surface area (Å²) in [6.45, 7) is 6.14. The lowest BCUT2D eigenvalue weighted by Crippen LogP contribution is -2.23. The molecule has 9 nitrogen and oxygen atoms in total. The van der Waals surface area contributed by atoms with Crippen LogP contribution in [0.1, 0.15) is 73.6 Å². The highest BCUT2D eigenvalue weighted by Gasteiger charge is 2.37. The summed E-state index contributed by atoms with van der Waals surface area (Å²) in [5, 5.41) is 0. The molecule has 0 aliphatic carbocycles. The quantitative estimate of drug-likeness (QED) is 0.101. The van der Waals surface area contributed by atoms with E-state index in [1.165, 1.54) is 31.4 Å². The molecule has 2 aromatic rings. The van der Waals surface area contributed by atoms with Crippen molar-refractivity contribution in [2.45, 2.75) is 52.9 Å². The minimum atomic E-state index is -4.22. The molecule has 0 saturated carbocycles. The van der Waals surface area contributed by atoms with E-state index in [0.29, 0.717) is 19.3 Å². The van der Waals surface area contributed by atoms with Gasteiger partial charge in [-0.1, -0.05) is 57.9 Å². The van der Waals surface area contributed by atoms with Crippen LogP contribution in [-0.4, -0.2) is 44.4 Å². The van der Waals surface area contributed by atoms with Gasteiger partial charge < -0.3 is 23.3 Å². The van der Waals surface area contributed by atoms with Crippen molar-refractivity contribution in [2.24, 2.45) is 5.92 Å². The third kappa shape index (κ3) is 9.21. The van der Waals surface area contributed by atoms with Crippen LogP contribution in [0.15, 0.2) is 48.5 Å². The summed E-state index contributed by atoms with van der Waals surface area (Å²) in [6, 6.07) is 12.4. The Labute approximate surface area is 224 Å². The highest BCUT2D eigenvalue weighted by Crippen LogP contribution is 2.52. The molecular formula is C28H37O9P. The summed E-state index contributed by atoms with van der Waals surface area (Å²) in [7, 11) is -2.98. The molecule has 2 rings (SSSR count). The van der Waals surface area contributed by atoms with Crippen LogP contribution < -0.4 is 9.05 Å². The van der Waals surface area contributed by atoms with Crippen molar-refractivity contribution in [1.29, 1.82) is 0 Å². The van der Waals surface area contributed by atoms with Gasteiger partial charge in [0.15, 0.2) is 0 Å². The van der Waals surface area contributed by atoms with E-state index < -0.39 is 31.4 Å². The Hall–Kier alpha value is -3.32. The molecule has 0 aromatic heterocycles. The first kappa shape index (κ1) is 30.9. The lowest BCUT2D eigenvalue weighted by molar-refractivity contribution is -0.144. The Morgan fingerprint density at radius 2 is 1.21 bits per heavy atom. The van der Waals surface area contributed by atoms with E-state index in [1.807, 2.05) is 13.8 Å². The van der Waals surface area contributed by atoms with Crippen molar-refractivity contribution in [2.75, 3.05) is 26.5 Å². The minimum absolute atomic E-state index is 0.0277. The molecule has 38 heavy (non-hydrogen) atoms. The molecule has 0 bridgehead atoms. The molecule has 0 heterocycles. The van der Waals surface area contributed by atoms with Crippen molar-refractivity contribution in [3.8, 4) is 11.5 Å². The van der Waals surface area contributed by atoms with Crippen molar-refractivity contribution in [3.05, 3.63) is 59.7 Å². The molecule has 0 radical (unpaired) electrons. The monoisotopic (exact) mass is 548 g/mol. The number of methoxy groups -OCH3 is 1. The standard InChI is InChI=1S/C28H37O9P/c1-5-8-18-34-27(30)22-14-10-12-16-24(22)36-38(32,20-21(7-3)26(29)33-4)37-25-17-13-11-15-23(25)28(31)35-19-9-6-2/h10-17,21H,5-9,18-20H2,1-4H3. The fourth-order valence-electron chi connectivity index (χ4n) is 3.40. The first-order valence-corrected chi connectivity index (χ1v) is 14.6. The average Bonchev–Trinajstić information content (AvgIpc) is 2.92. The van der Waals surface area contributed by atoms with E-state index in [1.54, 1.807) is 31.2 Å². The highest BCUT2D eigenvalue weighted by atomic mass is 31.2. The van der Waals surface area contributed by atoms with Crippen LogP contribution >= 0.6 is 7.60 Å². The van der Waals surface area contributed by atoms with Gasteiger partial charge in [-0.2, -0.15) is 0 Å². The van der Waals surface area contributed by atoms with Crippen molar-refractivity contribution in [1.82, 2.24) is 0 Å². The van der Waals surface area contributed by atoms with Crippen LogP contribution in [0.2, 0.25) is 0 Å². The molecular weight excluding hydrogens is 511 g/mol. The number of carbonyl (C=O) groups excluding carboxylic acids is 3. The van der Waals surface area contributed by atoms with Gasteiger partial charge >= 0.3 is 25.5 Å². The zero-order chi connectivity index (χ0) is 28.0. The Bertz CT molecular complexity index is 1040. The zero-order valence-corrected chi connectivity index (χ0v) is 23.4. The first-order valence-electron chi connectivity index (χ1n) is 12.9. The van der Waals surface area contributed by atoms with Crippen molar-refractivity contribution >= 4 is 25.5 Å². The molecule has 0 aliphatic rings. The number of hydrogen-bond donors (Lipinski definition) is 0. The van der Waals surface area contributed by atoms with Gasteiger partial charge in [-0.3, -0.25) is 4.79 Å². The third-order valence-electron chi connectivity index (χ3n) is 5.62. The van der Waals surface area contributed by atoms with Gasteiger partial charge in [-0.15, -0.1) is 0 Å². The molecule has 0 fully saturated rings. The summed E-state index contributed by atoms with van der Waals surface area (Å²) in [4.78, 5) is 37.8. The number of rotatable bonds is 16. The van der Waals surface area contributed by atoms with Crippen LogP contribution in [0.5, 0.6) is 11.5 Å². The predicted molar refractivity (Wildman–Crippen MR) is 143 cm³/mol. The second kappa shape index (κ2) is 15.8. The van der Waals surface area contributed by atoms with Crippen LogP contribution in [0.25, 0.3) is 0 Å². The van der Waals surface area contributed by atoms with Gasteiger partial charge in [0, 0.05) is 0 Å². The summed E-state index contributed by atoms with van der Waals surface area (Å²) < 4.78 is 41.5. The lowest BCUT2D eigenvalue weighted by Gasteiger charge is -2.24. The van der Waals surface area contributed by atoms with Gasteiger partial charge in [0.1, 0.15) is 22.6 Å². The number of esters is 3. The van der Waals surface area contributed by atoms with Crippen LogP contribution in [0, 0.1) is 5.92 Å². The van der Waals surface area contributed by atoms with Crippen molar-refractivity contribution in [3.63, 3.8) is 0 Å². The molecule has 1 unspecified atom stereocenters. The van der Waals surface area contributed by atoms with E-state index in [2.05, 4.69) is 0 Å². The number of hydrogen-bond acceptors (Lipinski definition) is 9. The van der Waals surface area contributed by atoms with Gasteiger partial charge in [-0.25, -0.2) is 14.2 Å². The number of carbonyl (C=O) groups is 3. The van der Waals surface area contributed by atoms with Crippen LogP contribution in [0.3, 0.4) is 0 Å². The fraction of sp³-hybridized carbons (Fsp3) is 0.464. The summed E-state index contributed by atoms with van der Waals surface area (Å²) in [6.07, 6.45) is 3.03. The smallest absolute Gasteiger partial charge is 0.431 e. The second-order valence-corrected chi connectivity index (χ2v) is 10.5. The predicted octanol–water partition coefficient (Wildman–Crippen LogP) is 6.45. The van der Waals surface area contributed by atoms with Gasteiger partial charge in [0.25, 0.3) is 0 Å². The van der Waals surface area contributed by atoms with E-state index in [4.69, 9.17) is 23.3 Å². The molecule has 0 aliphatic heterocycles. The van der Waals surface area contributed by atoms with E-state index >= 15 is 0 Å². The maximum absolute atomic E-state index is 14.3. The van der Waals surface area contributed by atoms with Crippen molar-refractivity contribution < 1.29 is 42.2 Å². The van der Waals surface area contributed by atoms with Gasteiger partial charge in [0.2, 0.25) is 0 Å². The van der Waals surface area contributed by atoms with E-state index in [9.17, 15) is 18.9 Å². The Morgan fingerprint density at radius 3 is 1.61 bits per heavy atom. The number of benzene rings is 2. The maximum Gasteiger partial charge on any atom is 0.431 e. The minimum Gasteiger partial charge on any atom is -0.469 e. The molecule has 0 spiro atoms. The normalized spacial score (nSPS) is 11.8. The SMILES string of the molecule is CCCCOC(=O)c1ccccc1OP(=O)(CC(CC)C(=O)OC)Oc1ccccc1C(=O)OCCCC. The summed E-state index contributed by atoms with van der Waals surface area (Å²) >= 11 is 0. The van der Waals surface area contributed by atoms with Crippen LogP contribution in [0.4, 0.5) is 0 Å². The molecule has 0 N–H and O–H groups in total. The number of para-hydroxylation sites is 2. The summed E-state index contributed by atoms with van der Waals surface area (Å²) in [5.74, 6) is -2.74. The zero-order valence-electron chi connectivity index (χ0n) is 22.5. The number of ether oxygens (including phenoxy) is 3. The molecule has 208 valence electrons. The highest BCUT2D eigenvalue weighted by molar-refractivity contribution is 7.54. The lowest BCUT2D eigenvalue weighted by atomic mass is 10.1. The largest absolute Gasteiger partial charge is 0.469 e. The van der Waals surface area contributed by atoms with E-state index in [0.717, 1.165) is 12.8 Å². The Kier molecular flexibility index (Phi) is 12.9. The van der Waals surface area contributed by atoms with Gasteiger partial charge in [0.05, 0.1) is 32.4 Å². The first-order chi connectivity index (χ1) is 18.3. The number of unbranched alkanes of at least 4 members (excludes halogenated alkanes) is 2. The van der Waals surface area contributed by atoms with Gasteiger partial charge in [-0.05, 0) is 43.5 Å². The molecule has 10 heteroatoms. The van der Waals surface area contributed by atoms with Crippen LogP contribution in [-0.2, 0) is 23.6 Å². The maximum atomic E-state index is 14.3. The Balaban J connectivity index is 2.45. The molecule has 0 amide bonds.